The Hall–Kier alpha value is -0.410. The summed E-state index contributed by atoms with van der Waals surface area (Å²) in [5.41, 5.74) is 0.172. The number of carbonyl (C=O) groups excluding carboxylic acids is 1. The van der Waals surface area contributed by atoms with Crippen molar-refractivity contribution < 1.29 is 15.0 Å². The summed E-state index contributed by atoms with van der Waals surface area (Å²) in [6.45, 7) is 6.93. The van der Waals surface area contributed by atoms with E-state index < -0.39 is 0 Å². The molecule has 0 aliphatic heterocycles. The summed E-state index contributed by atoms with van der Waals surface area (Å²) in [5.74, 6) is 1.95. The summed E-state index contributed by atoms with van der Waals surface area (Å²) in [7, 11) is 0. The second kappa shape index (κ2) is 5.54. The van der Waals surface area contributed by atoms with Gasteiger partial charge in [-0.3, -0.25) is 4.79 Å². The van der Waals surface area contributed by atoms with Crippen LogP contribution in [-0.2, 0) is 4.79 Å². The third kappa shape index (κ3) is 2.13. The summed E-state index contributed by atoms with van der Waals surface area (Å²) in [4.78, 5) is 13.2. The Balaban J connectivity index is 1.72. The molecule has 3 nitrogen and oxygen atoms in total. The topological polar surface area (TPSA) is 57.5 Å². The lowest BCUT2D eigenvalue weighted by molar-refractivity contribution is -0.184. The molecule has 4 aliphatic rings. The Labute approximate surface area is 146 Å². The Bertz CT molecular complexity index is 531. The van der Waals surface area contributed by atoms with E-state index in [0.717, 1.165) is 38.5 Å². The van der Waals surface area contributed by atoms with Crippen LogP contribution in [0.1, 0.15) is 72.1 Å². The maximum atomic E-state index is 13.2. The first-order valence-corrected chi connectivity index (χ1v) is 10.2. The first-order valence-electron chi connectivity index (χ1n) is 10.2. The van der Waals surface area contributed by atoms with E-state index in [0.29, 0.717) is 24.0 Å². The van der Waals surface area contributed by atoms with Gasteiger partial charge in [-0.05, 0) is 67.1 Å². The van der Waals surface area contributed by atoms with Crippen LogP contribution in [0.3, 0.4) is 0 Å². The average Bonchev–Trinajstić information content (AvgIpc) is 2.84. The molecule has 4 rings (SSSR count). The number of ketones is 1. The fourth-order valence-electron chi connectivity index (χ4n) is 7.79. The minimum atomic E-state index is -0.351. The minimum Gasteiger partial charge on any atom is -0.393 e. The molecule has 0 saturated heterocycles. The normalized spacial score (nSPS) is 57.2. The number of fused-ring (bicyclic) bond motifs is 5. The number of hydrogen-bond donors (Lipinski definition) is 2. The summed E-state index contributed by atoms with van der Waals surface area (Å²) >= 11 is 0. The SMILES string of the molecule is CC[C@H]1CC[C@H]2[C@@H]3C(=O)CC4CC(O)CC[C@]4(C)[C@H]3C(O)C[C@]12C. The van der Waals surface area contributed by atoms with Gasteiger partial charge in [0.2, 0.25) is 0 Å². The van der Waals surface area contributed by atoms with Crippen LogP contribution in [0, 0.1) is 40.4 Å². The van der Waals surface area contributed by atoms with Crippen molar-refractivity contribution in [3.8, 4) is 0 Å². The molecule has 0 aromatic heterocycles. The molecule has 0 aromatic carbocycles. The highest BCUT2D eigenvalue weighted by molar-refractivity contribution is 5.83. The van der Waals surface area contributed by atoms with Crippen LogP contribution in [-0.4, -0.2) is 28.2 Å². The number of hydrogen-bond acceptors (Lipinski definition) is 3. The van der Waals surface area contributed by atoms with E-state index >= 15 is 0 Å². The van der Waals surface area contributed by atoms with Crippen molar-refractivity contribution in [1.82, 2.24) is 0 Å². The Kier molecular flexibility index (Phi) is 3.93. The molecule has 3 heteroatoms. The summed E-state index contributed by atoms with van der Waals surface area (Å²) in [5, 5.41) is 21.3. The van der Waals surface area contributed by atoms with Gasteiger partial charge in [0.1, 0.15) is 5.78 Å². The zero-order valence-electron chi connectivity index (χ0n) is 15.5. The molecular weight excluding hydrogens is 300 g/mol. The smallest absolute Gasteiger partial charge is 0.136 e. The summed E-state index contributed by atoms with van der Waals surface area (Å²) < 4.78 is 0. The molecule has 4 aliphatic carbocycles. The lowest BCUT2D eigenvalue weighted by atomic mass is 9.43. The molecule has 136 valence electrons. The monoisotopic (exact) mass is 334 g/mol. The van der Waals surface area contributed by atoms with Gasteiger partial charge in [0.25, 0.3) is 0 Å². The van der Waals surface area contributed by atoms with Crippen LogP contribution in [0.4, 0.5) is 0 Å². The Morgan fingerprint density at radius 2 is 1.88 bits per heavy atom. The molecule has 0 bridgehead atoms. The van der Waals surface area contributed by atoms with Gasteiger partial charge >= 0.3 is 0 Å². The molecule has 4 fully saturated rings. The molecule has 9 atom stereocenters. The van der Waals surface area contributed by atoms with Crippen LogP contribution >= 0.6 is 0 Å². The average molecular weight is 335 g/mol. The number of aliphatic hydroxyl groups excluding tert-OH is 2. The number of aliphatic hydroxyl groups is 2. The van der Waals surface area contributed by atoms with Gasteiger partial charge in [0, 0.05) is 18.3 Å². The molecule has 0 amide bonds. The van der Waals surface area contributed by atoms with Gasteiger partial charge in [-0.2, -0.15) is 0 Å². The lowest BCUT2D eigenvalue weighted by Gasteiger charge is -2.61. The first kappa shape index (κ1) is 17.0. The largest absolute Gasteiger partial charge is 0.393 e. The van der Waals surface area contributed by atoms with E-state index in [1.165, 1.54) is 6.42 Å². The van der Waals surface area contributed by atoms with Crippen LogP contribution in [0.2, 0.25) is 0 Å². The molecule has 0 radical (unpaired) electrons. The quantitative estimate of drug-likeness (QED) is 0.771. The highest BCUT2D eigenvalue weighted by Crippen LogP contribution is 2.66. The van der Waals surface area contributed by atoms with E-state index in [4.69, 9.17) is 0 Å². The zero-order chi connectivity index (χ0) is 17.3. The van der Waals surface area contributed by atoms with Gasteiger partial charge in [-0.25, -0.2) is 0 Å². The van der Waals surface area contributed by atoms with Gasteiger partial charge in [-0.15, -0.1) is 0 Å². The maximum absolute atomic E-state index is 13.2. The molecule has 2 N–H and O–H groups in total. The molecule has 0 heterocycles. The third-order valence-electron chi connectivity index (χ3n) is 9.07. The van der Waals surface area contributed by atoms with Crippen LogP contribution < -0.4 is 0 Å². The van der Waals surface area contributed by atoms with Crippen LogP contribution in [0.5, 0.6) is 0 Å². The third-order valence-corrected chi connectivity index (χ3v) is 9.07. The highest BCUT2D eigenvalue weighted by Gasteiger charge is 2.65. The molecule has 0 spiro atoms. The molecular formula is C21H34O3. The highest BCUT2D eigenvalue weighted by atomic mass is 16.3. The maximum Gasteiger partial charge on any atom is 0.136 e. The second-order valence-corrected chi connectivity index (χ2v) is 9.92. The van der Waals surface area contributed by atoms with Gasteiger partial charge in [0.15, 0.2) is 0 Å². The van der Waals surface area contributed by atoms with E-state index in [1.54, 1.807) is 0 Å². The molecule has 24 heavy (non-hydrogen) atoms. The van der Waals surface area contributed by atoms with Crippen molar-refractivity contribution in [3.63, 3.8) is 0 Å². The molecule has 4 saturated carbocycles. The predicted octanol–water partition coefficient (Wildman–Crippen LogP) is 3.57. The molecule has 0 aromatic rings. The molecule has 3 unspecified atom stereocenters. The van der Waals surface area contributed by atoms with Crippen LogP contribution in [0.15, 0.2) is 0 Å². The lowest BCUT2D eigenvalue weighted by Crippen LogP contribution is -2.61. The van der Waals surface area contributed by atoms with Gasteiger partial charge < -0.3 is 10.2 Å². The van der Waals surface area contributed by atoms with Crippen molar-refractivity contribution in [2.45, 2.75) is 84.3 Å². The van der Waals surface area contributed by atoms with E-state index in [9.17, 15) is 15.0 Å². The Morgan fingerprint density at radius 1 is 1.12 bits per heavy atom. The fourth-order valence-corrected chi connectivity index (χ4v) is 7.79. The zero-order valence-corrected chi connectivity index (χ0v) is 15.5. The van der Waals surface area contributed by atoms with Gasteiger partial charge in [-0.1, -0.05) is 27.2 Å². The fraction of sp³-hybridized carbons (Fsp3) is 0.952. The number of Topliss-reactive ketones (excluding diaryl/α,β-unsaturated/α-hetero) is 1. The number of rotatable bonds is 1. The van der Waals surface area contributed by atoms with Crippen molar-refractivity contribution in [2.75, 3.05) is 0 Å². The van der Waals surface area contributed by atoms with Crippen molar-refractivity contribution in [3.05, 3.63) is 0 Å². The second-order valence-electron chi connectivity index (χ2n) is 9.92. The predicted molar refractivity (Wildman–Crippen MR) is 93.3 cm³/mol. The first-order chi connectivity index (χ1) is 11.3. The van der Waals surface area contributed by atoms with E-state index in [1.807, 2.05) is 0 Å². The summed E-state index contributed by atoms with van der Waals surface area (Å²) in [6, 6.07) is 0. The van der Waals surface area contributed by atoms with Crippen molar-refractivity contribution in [2.24, 2.45) is 40.4 Å². The Morgan fingerprint density at radius 3 is 2.58 bits per heavy atom. The minimum absolute atomic E-state index is 0.0306. The number of carbonyl (C=O) groups is 1. The van der Waals surface area contributed by atoms with Crippen LogP contribution in [0.25, 0.3) is 0 Å². The van der Waals surface area contributed by atoms with E-state index in [2.05, 4.69) is 20.8 Å². The van der Waals surface area contributed by atoms with Crippen molar-refractivity contribution >= 4 is 5.78 Å². The van der Waals surface area contributed by atoms with Crippen molar-refractivity contribution in [1.29, 1.82) is 0 Å². The van der Waals surface area contributed by atoms with E-state index in [-0.39, 0.29) is 40.8 Å². The standard InChI is InChI=1S/C21H34O3/c1-4-12-5-6-15-18-16(23)10-13-9-14(22)7-8-20(13,2)19(18)17(24)11-21(12,15)3/h12-15,17-19,22,24H,4-11H2,1-3H3/t12-,13?,14?,15-,17?,18+,19-,20-,21+/m0/s1. The van der Waals surface area contributed by atoms with Gasteiger partial charge in [0.05, 0.1) is 12.2 Å². The summed E-state index contributed by atoms with van der Waals surface area (Å²) in [6.07, 6.45) is 6.99.